The summed E-state index contributed by atoms with van der Waals surface area (Å²) in [6, 6.07) is 11.0. The molecule has 0 atom stereocenters. The van der Waals surface area contributed by atoms with Crippen molar-refractivity contribution < 1.29 is 19.2 Å². The van der Waals surface area contributed by atoms with E-state index in [0.717, 1.165) is 17.3 Å². The summed E-state index contributed by atoms with van der Waals surface area (Å²) < 4.78 is 11.2. The zero-order valence-corrected chi connectivity index (χ0v) is 17.0. The summed E-state index contributed by atoms with van der Waals surface area (Å²) >= 11 is 6.50. The number of hydrogen-bond acceptors (Lipinski definition) is 7. The first kappa shape index (κ1) is 20.6. The fraction of sp³-hybridized carbons (Fsp3) is 0.100. The molecule has 1 heterocycles. The van der Waals surface area contributed by atoms with Crippen molar-refractivity contribution in [2.75, 3.05) is 18.6 Å². The molecular formula is C20H16N2O5S2. The molecule has 0 unspecified atom stereocenters. The van der Waals surface area contributed by atoms with Gasteiger partial charge in [0.05, 0.1) is 22.6 Å². The maximum Gasteiger partial charge on any atom is 0.270 e. The smallest absolute Gasteiger partial charge is 0.270 e. The van der Waals surface area contributed by atoms with Gasteiger partial charge in [0.2, 0.25) is 0 Å². The Morgan fingerprint density at radius 2 is 1.97 bits per heavy atom. The molecule has 7 nitrogen and oxygen atoms in total. The van der Waals surface area contributed by atoms with Gasteiger partial charge in [-0.1, -0.05) is 42.7 Å². The lowest BCUT2D eigenvalue weighted by Gasteiger charge is -2.14. The maximum absolute atomic E-state index is 12.9. The van der Waals surface area contributed by atoms with E-state index < -0.39 is 4.92 Å². The van der Waals surface area contributed by atoms with Crippen molar-refractivity contribution in [3.05, 3.63) is 75.7 Å². The molecule has 2 aromatic carbocycles. The number of nitro groups is 1. The Balaban J connectivity index is 1.86. The molecule has 0 spiro atoms. The summed E-state index contributed by atoms with van der Waals surface area (Å²) in [5.41, 5.74) is 1.17. The highest BCUT2D eigenvalue weighted by molar-refractivity contribution is 8.27. The Bertz CT molecular complexity index is 1020. The van der Waals surface area contributed by atoms with E-state index in [2.05, 4.69) is 6.58 Å². The van der Waals surface area contributed by atoms with Crippen LogP contribution in [0.1, 0.15) is 5.56 Å². The summed E-state index contributed by atoms with van der Waals surface area (Å²) in [4.78, 5) is 25.0. The summed E-state index contributed by atoms with van der Waals surface area (Å²) in [5.74, 6) is 0.814. The van der Waals surface area contributed by atoms with Crippen molar-refractivity contribution in [3.8, 4) is 11.5 Å². The number of non-ortho nitro benzene ring substituents is 1. The third kappa shape index (κ3) is 4.47. The fourth-order valence-corrected chi connectivity index (χ4v) is 3.91. The molecule has 0 radical (unpaired) electrons. The van der Waals surface area contributed by atoms with Gasteiger partial charge in [0.15, 0.2) is 15.8 Å². The number of rotatable bonds is 7. The predicted octanol–water partition coefficient (Wildman–Crippen LogP) is 4.57. The third-order valence-electron chi connectivity index (χ3n) is 3.95. The number of anilines is 1. The number of hydrogen-bond donors (Lipinski definition) is 0. The van der Waals surface area contributed by atoms with Crippen LogP contribution in [0.15, 0.2) is 60.0 Å². The molecule has 0 N–H and O–H groups in total. The zero-order chi connectivity index (χ0) is 21.0. The van der Waals surface area contributed by atoms with Crippen molar-refractivity contribution in [3.63, 3.8) is 0 Å². The SMILES string of the molecule is C=CCOc1ccc(/C=C2\SC(=S)N(c3ccc([N+](=O)[O-])cc3)C2=O)cc1OC. The molecule has 1 aliphatic rings. The van der Waals surface area contributed by atoms with E-state index in [4.69, 9.17) is 21.7 Å². The average Bonchev–Trinajstić information content (AvgIpc) is 2.99. The van der Waals surface area contributed by atoms with Crippen LogP contribution in [-0.2, 0) is 4.79 Å². The monoisotopic (exact) mass is 428 g/mol. The third-order valence-corrected chi connectivity index (χ3v) is 5.26. The van der Waals surface area contributed by atoms with Gasteiger partial charge in [0.25, 0.3) is 11.6 Å². The number of methoxy groups -OCH3 is 1. The van der Waals surface area contributed by atoms with Gasteiger partial charge in [0.1, 0.15) is 6.61 Å². The summed E-state index contributed by atoms with van der Waals surface area (Å²) in [6.45, 7) is 3.96. The summed E-state index contributed by atoms with van der Waals surface area (Å²) in [6.07, 6.45) is 3.35. The molecule has 3 rings (SSSR count). The second kappa shape index (κ2) is 8.89. The van der Waals surface area contributed by atoms with Crippen LogP contribution in [0.2, 0.25) is 0 Å². The van der Waals surface area contributed by atoms with E-state index in [0.29, 0.717) is 33.0 Å². The Morgan fingerprint density at radius 1 is 1.24 bits per heavy atom. The number of carbonyl (C=O) groups excluding carboxylic acids is 1. The van der Waals surface area contributed by atoms with Crippen LogP contribution < -0.4 is 14.4 Å². The lowest BCUT2D eigenvalue weighted by molar-refractivity contribution is -0.384. The van der Waals surface area contributed by atoms with Crippen molar-refractivity contribution in [1.82, 2.24) is 0 Å². The number of thioether (sulfide) groups is 1. The van der Waals surface area contributed by atoms with E-state index in [1.807, 2.05) is 0 Å². The lowest BCUT2D eigenvalue weighted by Crippen LogP contribution is -2.27. The molecule has 0 bridgehead atoms. The number of nitro benzene ring substituents is 1. The average molecular weight is 428 g/mol. The second-order valence-electron chi connectivity index (χ2n) is 5.80. The highest BCUT2D eigenvalue weighted by Crippen LogP contribution is 2.37. The Kier molecular flexibility index (Phi) is 6.30. The van der Waals surface area contributed by atoms with Gasteiger partial charge in [-0.15, -0.1) is 0 Å². The fourth-order valence-electron chi connectivity index (χ4n) is 2.61. The number of carbonyl (C=O) groups is 1. The van der Waals surface area contributed by atoms with Crippen LogP contribution in [0.25, 0.3) is 6.08 Å². The van der Waals surface area contributed by atoms with E-state index in [-0.39, 0.29) is 11.6 Å². The maximum atomic E-state index is 12.9. The molecule has 0 saturated carbocycles. The zero-order valence-electron chi connectivity index (χ0n) is 15.4. The van der Waals surface area contributed by atoms with Crippen LogP contribution in [0.3, 0.4) is 0 Å². The lowest BCUT2D eigenvalue weighted by atomic mass is 10.1. The number of ether oxygens (including phenoxy) is 2. The van der Waals surface area contributed by atoms with E-state index in [1.54, 1.807) is 30.4 Å². The topological polar surface area (TPSA) is 81.9 Å². The van der Waals surface area contributed by atoms with Crippen LogP contribution in [0, 0.1) is 10.1 Å². The first-order valence-electron chi connectivity index (χ1n) is 8.38. The molecule has 0 aliphatic carbocycles. The Labute approximate surface area is 176 Å². The molecule has 9 heteroatoms. The van der Waals surface area contributed by atoms with Crippen LogP contribution in [0.5, 0.6) is 11.5 Å². The van der Waals surface area contributed by atoms with Gasteiger partial charge in [-0.2, -0.15) is 0 Å². The molecule has 1 saturated heterocycles. The molecule has 0 aromatic heterocycles. The summed E-state index contributed by atoms with van der Waals surface area (Å²) in [7, 11) is 1.54. The standard InChI is InChI=1S/C20H16N2O5S2/c1-3-10-27-16-9-4-13(11-17(16)26-2)12-18-19(23)21(20(28)29-18)14-5-7-15(8-6-14)22(24)25/h3-9,11-12H,1,10H2,2H3/b18-12-. The van der Waals surface area contributed by atoms with Crippen molar-refractivity contribution in [1.29, 1.82) is 0 Å². The molecule has 29 heavy (non-hydrogen) atoms. The van der Waals surface area contributed by atoms with E-state index in [1.165, 1.54) is 36.3 Å². The van der Waals surface area contributed by atoms with Crippen molar-refractivity contribution >= 4 is 51.7 Å². The first-order chi connectivity index (χ1) is 13.9. The number of benzene rings is 2. The van der Waals surface area contributed by atoms with Gasteiger partial charge in [-0.3, -0.25) is 19.8 Å². The van der Waals surface area contributed by atoms with E-state index >= 15 is 0 Å². The number of thiocarbonyl (C=S) groups is 1. The highest BCUT2D eigenvalue weighted by Gasteiger charge is 2.33. The molecule has 148 valence electrons. The van der Waals surface area contributed by atoms with Gasteiger partial charge >= 0.3 is 0 Å². The van der Waals surface area contributed by atoms with Crippen molar-refractivity contribution in [2.45, 2.75) is 0 Å². The molecular weight excluding hydrogens is 412 g/mol. The minimum absolute atomic E-state index is 0.0550. The Hall–Kier alpha value is -3.17. The van der Waals surface area contributed by atoms with Gasteiger partial charge in [0, 0.05) is 12.1 Å². The van der Waals surface area contributed by atoms with Gasteiger partial charge in [-0.25, -0.2) is 0 Å². The quantitative estimate of drug-likeness (QED) is 0.210. The minimum atomic E-state index is -0.496. The van der Waals surface area contributed by atoms with Crippen molar-refractivity contribution in [2.24, 2.45) is 0 Å². The second-order valence-corrected chi connectivity index (χ2v) is 7.48. The Morgan fingerprint density at radius 3 is 2.59 bits per heavy atom. The van der Waals surface area contributed by atoms with Crippen LogP contribution in [-0.4, -0.2) is 28.9 Å². The first-order valence-corrected chi connectivity index (χ1v) is 9.61. The van der Waals surface area contributed by atoms with Gasteiger partial charge < -0.3 is 9.47 Å². The highest BCUT2D eigenvalue weighted by atomic mass is 32.2. The van der Waals surface area contributed by atoms with Crippen LogP contribution >= 0.6 is 24.0 Å². The summed E-state index contributed by atoms with van der Waals surface area (Å²) in [5, 5.41) is 10.8. The van der Waals surface area contributed by atoms with E-state index in [9.17, 15) is 14.9 Å². The largest absolute Gasteiger partial charge is 0.493 e. The predicted molar refractivity (Wildman–Crippen MR) is 117 cm³/mol. The van der Waals surface area contributed by atoms with Crippen LogP contribution in [0.4, 0.5) is 11.4 Å². The molecule has 1 aliphatic heterocycles. The number of amides is 1. The van der Waals surface area contributed by atoms with Gasteiger partial charge in [-0.05, 0) is 35.9 Å². The molecule has 2 aromatic rings. The normalized spacial score (nSPS) is 14.9. The molecule has 1 amide bonds. The number of nitrogens with zero attached hydrogens (tertiary/aromatic N) is 2. The molecule has 1 fully saturated rings. The minimum Gasteiger partial charge on any atom is -0.493 e.